The lowest BCUT2D eigenvalue weighted by molar-refractivity contribution is -0.140. The van der Waals surface area contributed by atoms with Crippen molar-refractivity contribution in [1.29, 1.82) is 0 Å². The first-order valence-corrected chi connectivity index (χ1v) is 12.4. The van der Waals surface area contributed by atoms with Gasteiger partial charge >= 0.3 is 6.18 Å². The molecule has 0 aliphatic carbocycles. The second-order valence-electron chi connectivity index (χ2n) is 9.59. The van der Waals surface area contributed by atoms with Crippen molar-refractivity contribution in [2.45, 2.75) is 19.1 Å². The molecule has 0 saturated heterocycles. The predicted molar refractivity (Wildman–Crippen MR) is 141 cm³/mol. The first kappa shape index (κ1) is 25.4. The minimum atomic E-state index is -4.68. The van der Waals surface area contributed by atoms with Crippen LogP contribution in [0.1, 0.15) is 27.2 Å². The highest BCUT2D eigenvalue weighted by molar-refractivity contribution is 6.13. The number of nitrogens with zero attached hydrogens (tertiary/aromatic N) is 5. The molecule has 0 unspecified atom stereocenters. The maximum absolute atomic E-state index is 14.1. The second-order valence-corrected chi connectivity index (χ2v) is 9.59. The number of rotatable bonds is 5. The molecule has 1 aliphatic heterocycles. The molecule has 5 aromatic rings. The molecule has 204 valence electrons. The number of aryl methyl sites for hydroxylation is 1. The number of fused-ring (bicyclic) bond motifs is 2. The number of aromatic nitrogens is 5. The van der Waals surface area contributed by atoms with Crippen LogP contribution in [0, 0.1) is 0 Å². The molecule has 1 amide bonds. The van der Waals surface area contributed by atoms with Crippen LogP contribution in [0.3, 0.4) is 0 Å². The van der Waals surface area contributed by atoms with Crippen LogP contribution in [-0.4, -0.2) is 43.9 Å². The second kappa shape index (κ2) is 9.40. The van der Waals surface area contributed by atoms with Gasteiger partial charge in [0.1, 0.15) is 5.75 Å². The van der Waals surface area contributed by atoms with E-state index in [9.17, 15) is 22.8 Å². The van der Waals surface area contributed by atoms with E-state index in [-0.39, 0.29) is 29.1 Å². The SMILES string of the molecule is COc1ccc2c(=O)[nH]cc(N3CCc4c(cc(Cn5ccnc5)cc4-c4cn(C)nc4C(F)(F)F)C3=O)c2c1. The topological polar surface area (TPSA) is 98.0 Å². The predicted octanol–water partition coefficient (Wildman–Crippen LogP) is 4.40. The van der Waals surface area contributed by atoms with Gasteiger partial charge < -0.3 is 19.2 Å². The maximum atomic E-state index is 14.1. The van der Waals surface area contributed by atoms with Crippen LogP contribution in [-0.2, 0) is 26.2 Å². The van der Waals surface area contributed by atoms with Crippen LogP contribution in [0.25, 0.3) is 21.9 Å². The van der Waals surface area contributed by atoms with E-state index < -0.39 is 11.9 Å². The molecule has 1 aliphatic rings. The quantitative estimate of drug-likeness (QED) is 0.351. The molecule has 0 radical (unpaired) electrons. The Balaban J connectivity index is 1.53. The Morgan fingerprint density at radius 1 is 1.07 bits per heavy atom. The Labute approximate surface area is 225 Å². The number of anilines is 1. The summed E-state index contributed by atoms with van der Waals surface area (Å²) in [6.45, 7) is 0.494. The van der Waals surface area contributed by atoms with Gasteiger partial charge in [0.25, 0.3) is 11.5 Å². The summed E-state index contributed by atoms with van der Waals surface area (Å²) < 4.78 is 50.2. The third-order valence-electron chi connectivity index (χ3n) is 7.06. The first-order chi connectivity index (χ1) is 19.1. The van der Waals surface area contributed by atoms with E-state index in [1.165, 1.54) is 26.6 Å². The summed E-state index contributed by atoms with van der Waals surface area (Å²) in [6, 6.07) is 8.38. The van der Waals surface area contributed by atoms with Crippen molar-refractivity contribution in [2.75, 3.05) is 18.6 Å². The number of H-pyrrole nitrogens is 1. The lowest BCUT2D eigenvalue weighted by atomic mass is 9.88. The number of benzene rings is 2. The highest BCUT2D eigenvalue weighted by Gasteiger charge is 2.39. The molecule has 12 heteroatoms. The number of aromatic amines is 1. The van der Waals surface area contributed by atoms with Crippen molar-refractivity contribution >= 4 is 22.4 Å². The third kappa shape index (κ3) is 4.31. The van der Waals surface area contributed by atoms with Gasteiger partial charge in [-0.2, -0.15) is 18.3 Å². The van der Waals surface area contributed by atoms with Gasteiger partial charge in [-0.05, 0) is 53.4 Å². The van der Waals surface area contributed by atoms with Gasteiger partial charge in [-0.3, -0.25) is 14.3 Å². The lowest BCUT2D eigenvalue weighted by Crippen LogP contribution is -2.38. The molecule has 0 bridgehead atoms. The number of hydrogen-bond donors (Lipinski definition) is 1. The van der Waals surface area contributed by atoms with Gasteiger partial charge in [-0.1, -0.05) is 0 Å². The number of carbonyl (C=O) groups excluding carboxylic acids is 1. The lowest BCUT2D eigenvalue weighted by Gasteiger charge is -2.31. The van der Waals surface area contributed by atoms with E-state index in [0.717, 1.165) is 4.68 Å². The Morgan fingerprint density at radius 3 is 2.60 bits per heavy atom. The van der Waals surface area contributed by atoms with Crippen LogP contribution in [0.15, 0.2) is 66.2 Å². The largest absolute Gasteiger partial charge is 0.497 e. The van der Waals surface area contributed by atoms with Gasteiger partial charge in [-0.25, -0.2) is 4.98 Å². The average Bonchev–Trinajstić information content (AvgIpc) is 3.59. The number of nitrogens with one attached hydrogen (secondary N) is 1. The fourth-order valence-electron chi connectivity index (χ4n) is 5.28. The number of imidazole rings is 1. The van der Waals surface area contributed by atoms with Crippen molar-refractivity contribution in [3.05, 3.63) is 94.2 Å². The standard InChI is InChI=1S/C28H23F3N6O3/c1-35-14-23(25(34-35)28(29,30)31)20-9-16(13-36-8-6-32-15-36)10-22-18(20)5-7-37(27(22)39)24-12-33-26(38)19-4-3-17(40-2)11-21(19)24/h3-4,6,8-12,14-15H,5,7,13H2,1-2H3,(H,33,38). The van der Waals surface area contributed by atoms with Gasteiger partial charge in [-0.15, -0.1) is 0 Å². The Hall–Kier alpha value is -4.87. The Bertz CT molecular complexity index is 1820. The van der Waals surface area contributed by atoms with Crippen LogP contribution in [0.2, 0.25) is 0 Å². The number of pyridine rings is 1. The number of methoxy groups -OCH3 is 1. The number of amides is 1. The minimum Gasteiger partial charge on any atom is -0.497 e. The molecule has 9 nitrogen and oxygen atoms in total. The minimum absolute atomic E-state index is 0.0841. The van der Waals surface area contributed by atoms with Crippen molar-refractivity contribution in [2.24, 2.45) is 7.05 Å². The summed E-state index contributed by atoms with van der Waals surface area (Å²) in [5, 5.41) is 4.60. The summed E-state index contributed by atoms with van der Waals surface area (Å²) in [5.41, 5.74) is 0.819. The molecule has 0 saturated carbocycles. The van der Waals surface area contributed by atoms with E-state index in [1.807, 2.05) is 0 Å². The Kier molecular flexibility index (Phi) is 5.97. The van der Waals surface area contributed by atoms with Gasteiger partial charge in [0.2, 0.25) is 0 Å². The molecule has 0 fully saturated rings. The van der Waals surface area contributed by atoms with E-state index >= 15 is 0 Å². The number of carbonyl (C=O) groups is 1. The fourth-order valence-corrected chi connectivity index (χ4v) is 5.28. The normalized spacial score (nSPS) is 13.6. The van der Waals surface area contributed by atoms with Gasteiger partial charge in [0.15, 0.2) is 5.69 Å². The number of hydrogen-bond acceptors (Lipinski definition) is 5. The van der Waals surface area contributed by atoms with Crippen molar-refractivity contribution < 1.29 is 22.7 Å². The highest BCUT2D eigenvalue weighted by atomic mass is 19.4. The zero-order valence-corrected chi connectivity index (χ0v) is 21.5. The van der Waals surface area contributed by atoms with Gasteiger partial charge in [0, 0.05) is 66.8 Å². The van der Waals surface area contributed by atoms with Crippen LogP contribution in [0.4, 0.5) is 18.9 Å². The number of halogens is 3. The smallest absolute Gasteiger partial charge is 0.435 e. The summed E-state index contributed by atoms with van der Waals surface area (Å²) in [7, 11) is 2.94. The molecular weight excluding hydrogens is 525 g/mol. The number of alkyl halides is 3. The molecular formula is C28H23F3N6O3. The number of ether oxygens (including phenoxy) is 1. The molecule has 4 heterocycles. The molecule has 6 rings (SSSR count). The van der Waals surface area contributed by atoms with Crippen molar-refractivity contribution in [3.8, 4) is 16.9 Å². The molecule has 0 spiro atoms. The van der Waals surface area contributed by atoms with Gasteiger partial charge in [0.05, 0.1) is 19.1 Å². The highest BCUT2D eigenvalue weighted by Crippen LogP contribution is 2.41. The molecule has 40 heavy (non-hydrogen) atoms. The van der Waals surface area contributed by atoms with Crippen LogP contribution in [0.5, 0.6) is 5.75 Å². The third-order valence-corrected chi connectivity index (χ3v) is 7.06. The summed E-state index contributed by atoms with van der Waals surface area (Å²) >= 11 is 0. The van der Waals surface area contributed by atoms with E-state index in [4.69, 9.17) is 4.74 Å². The molecule has 2 aromatic carbocycles. The first-order valence-electron chi connectivity index (χ1n) is 12.4. The Morgan fingerprint density at radius 2 is 1.88 bits per heavy atom. The fraction of sp³-hybridized carbons (Fsp3) is 0.214. The molecule has 3 aromatic heterocycles. The zero-order chi connectivity index (χ0) is 28.2. The average molecular weight is 549 g/mol. The summed E-state index contributed by atoms with van der Waals surface area (Å²) in [6.07, 6.45) is 3.35. The van der Waals surface area contributed by atoms with Crippen molar-refractivity contribution in [1.82, 2.24) is 24.3 Å². The van der Waals surface area contributed by atoms with E-state index in [2.05, 4.69) is 15.1 Å². The zero-order valence-electron chi connectivity index (χ0n) is 21.5. The van der Waals surface area contributed by atoms with Crippen LogP contribution < -0.4 is 15.2 Å². The van der Waals surface area contributed by atoms with E-state index in [0.29, 0.717) is 51.9 Å². The maximum Gasteiger partial charge on any atom is 0.435 e. The molecule has 0 atom stereocenters. The van der Waals surface area contributed by atoms with Crippen LogP contribution >= 0.6 is 0 Å². The summed E-state index contributed by atoms with van der Waals surface area (Å²) in [5.74, 6) is 0.133. The van der Waals surface area contributed by atoms with E-state index in [1.54, 1.807) is 58.5 Å². The monoisotopic (exact) mass is 548 g/mol. The van der Waals surface area contributed by atoms with Crippen molar-refractivity contribution in [3.63, 3.8) is 0 Å². The summed E-state index contributed by atoms with van der Waals surface area (Å²) in [4.78, 5) is 34.8. The molecule has 1 N–H and O–H groups in total.